The monoisotopic (exact) mass is 562 g/mol. The number of morpholine rings is 1. The van der Waals surface area contributed by atoms with Gasteiger partial charge in [0.1, 0.15) is 18.0 Å². The van der Waals surface area contributed by atoms with Gasteiger partial charge in [0.05, 0.1) is 23.9 Å². The molecule has 1 aromatic carbocycles. The molecule has 2 unspecified atom stereocenters. The van der Waals surface area contributed by atoms with Crippen LogP contribution in [0.25, 0.3) is 11.1 Å². The Labute approximate surface area is 230 Å². The average molecular weight is 563 g/mol. The number of carbonyl (C=O) groups excluding carboxylic acids is 1. The number of ether oxygens (including phenoxy) is 2. The molecule has 3 N–H and O–H groups in total. The van der Waals surface area contributed by atoms with Gasteiger partial charge in [0.15, 0.2) is 11.6 Å². The second-order valence-corrected chi connectivity index (χ2v) is 10.2. The Bertz CT molecular complexity index is 1310. The third-order valence-corrected chi connectivity index (χ3v) is 7.67. The van der Waals surface area contributed by atoms with Crippen LogP contribution >= 0.6 is 23.2 Å². The molecule has 0 aliphatic carbocycles. The van der Waals surface area contributed by atoms with Crippen LogP contribution in [0.2, 0.25) is 10.0 Å². The number of anilines is 1. The van der Waals surface area contributed by atoms with E-state index in [-0.39, 0.29) is 22.8 Å². The number of pyridine rings is 1. The molecule has 0 radical (unpaired) electrons. The summed E-state index contributed by atoms with van der Waals surface area (Å²) < 4.78 is 27.6. The van der Waals surface area contributed by atoms with E-state index in [1.165, 1.54) is 12.1 Å². The molecule has 9 nitrogen and oxygen atoms in total. The number of nitrogens with two attached hydrogens (primary N) is 1. The summed E-state index contributed by atoms with van der Waals surface area (Å²) in [6.07, 6.45) is 5.89. The van der Waals surface area contributed by atoms with E-state index in [1.807, 2.05) is 15.8 Å². The molecule has 38 heavy (non-hydrogen) atoms. The Morgan fingerprint density at radius 2 is 2.05 bits per heavy atom. The number of amides is 1. The van der Waals surface area contributed by atoms with E-state index >= 15 is 0 Å². The van der Waals surface area contributed by atoms with Crippen molar-refractivity contribution in [3.63, 3.8) is 0 Å². The summed E-state index contributed by atoms with van der Waals surface area (Å²) >= 11 is 12.4. The van der Waals surface area contributed by atoms with Crippen molar-refractivity contribution in [3.8, 4) is 16.9 Å². The maximum absolute atomic E-state index is 14.0. The van der Waals surface area contributed by atoms with Gasteiger partial charge in [0.2, 0.25) is 0 Å². The fourth-order valence-corrected chi connectivity index (χ4v) is 5.52. The SMILES string of the molecule is CC(Oc1cc(-c2cnn(C3CCN(C(=O)C4CNCCO4)CC3)c2)cnc1N)c1c(Cl)ccc(F)c1Cl. The maximum atomic E-state index is 14.0. The van der Waals surface area contributed by atoms with Crippen LogP contribution in [0.3, 0.4) is 0 Å². The Kier molecular flexibility index (Phi) is 8.04. The molecule has 5 rings (SSSR count). The third kappa shape index (κ3) is 5.58. The highest BCUT2D eigenvalue weighted by atomic mass is 35.5. The van der Waals surface area contributed by atoms with Gasteiger partial charge in [0.25, 0.3) is 5.91 Å². The summed E-state index contributed by atoms with van der Waals surface area (Å²) in [6.45, 7) is 4.92. The molecule has 2 atom stereocenters. The van der Waals surface area contributed by atoms with E-state index < -0.39 is 18.0 Å². The van der Waals surface area contributed by atoms with E-state index in [4.69, 9.17) is 38.4 Å². The number of piperidine rings is 1. The summed E-state index contributed by atoms with van der Waals surface area (Å²) in [6, 6.07) is 4.58. The maximum Gasteiger partial charge on any atom is 0.253 e. The number of likely N-dealkylation sites (tertiary alicyclic amines) is 1. The lowest BCUT2D eigenvalue weighted by molar-refractivity contribution is -0.146. The first-order valence-electron chi connectivity index (χ1n) is 12.5. The van der Waals surface area contributed by atoms with Crippen molar-refractivity contribution in [2.75, 3.05) is 38.5 Å². The quantitative estimate of drug-likeness (QED) is 0.432. The average Bonchev–Trinajstić information content (AvgIpc) is 3.43. The van der Waals surface area contributed by atoms with Gasteiger partial charge in [-0.05, 0) is 38.0 Å². The number of benzene rings is 1. The topological polar surface area (TPSA) is 108 Å². The van der Waals surface area contributed by atoms with Gasteiger partial charge in [-0.2, -0.15) is 5.10 Å². The summed E-state index contributed by atoms with van der Waals surface area (Å²) in [5, 5.41) is 7.98. The zero-order valence-corrected chi connectivity index (χ0v) is 22.4. The normalized spacial score (nSPS) is 19.4. The van der Waals surface area contributed by atoms with Gasteiger partial charge in [0, 0.05) is 60.3 Å². The van der Waals surface area contributed by atoms with E-state index in [9.17, 15) is 9.18 Å². The van der Waals surface area contributed by atoms with Gasteiger partial charge in [-0.3, -0.25) is 9.48 Å². The second kappa shape index (κ2) is 11.4. The minimum atomic E-state index is -0.671. The largest absolute Gasteiger partial charge is 0.482 e. The fourth-order valence-electron chi connectivity index (χ4n) is 4.84. The van der Waals surface area contributed by atoms with E-state index in [2.05, 4.69) is 15.4 Å². The van der Waals surface area contributed by atoms with Crippen LogP contribution < -0.4 is 15.8 Å². The molecular weight excluding hydrogens is 534 g/mol. The molecule has 0 saturated carbocycles. The number of aromatic nitrogens is 3. The molecule has 0 spiro atoms. The highest BCUT2D eigenvalue weighted by molar-refractivity contribution is 6.36. The van der Waals surface area contributed by atoms with Crippen LogP contribution in [-0.4, -0.2) is 64.5 Å². The van der Waals surface area contributed by atoms with Crippen molar-refractivity contribution in [2.24, 2.45) is 0 Å². The number of rotatable bonds is 6. The van der Waals surface area contributed by atoms with Crippen LogP contribution in [-0.2, 0) is 9.53 Å². The molecule has 2 saturated heterocycles. The molecule has 0 bridgehead atoms. The van der Waals surface area contributed by atoms with E-state index in [1.54, 1.807) is 25.4 Å². The first kappa shape index (κ1) is 26.7. The smallest absolute Gasteiger partial charge is 0.253 e. The molecule has 4 heterocycles. The number of carbonyl (C=O) groups is 1. The van der Waals surface area contributed by atoms with Crippen LogP contribution in [0.1, 0.15) is 37.5 Å². The zero-order chi connectivity index (χ0) is 26.8. The number of halogens is 3. The molecule has 12 heteroatoms. The van der Waals surface area contributed by atoms with Gasteiger partial charge in [-0.15, -0.1) is 0 Å². The van der Waals surface area contributed by atoms with Crippen molar-refractivity contribution in [1.29, 1.82) is 0 Å². The van der Waals surface area contributed by atoms with Gasteiger partial charge in [-0.25, -0.2) is 9.37 Å². The first-order chi connectivity index (χ1) is 18.3. The summed E-state index contributed by atoms with van der Waals surface area (Å²) in [7, 11) is 0. The number of nitrogen functional groups attached to an aromatic ring is 1. The molecule has 3 aromatic rings. The number of nitrogens with one attached hydrogen (secondary N) is 1. The minimum absolute atomic E-state index is 0.0485. The van der Waals surface area contributed by atoms with Gasteiger partial charge < -0.3 is 25.4 Å². The lowest BCUT2D eigenvalue weighted by Crippen LogP contribution is -2.51. The van der Waals surface area contributed by atoms with Crippen LogP contribution in [0.4, 0.5) is 10.2 Å². The summed E-state index contributed by atoms with van der Waals surface area (Å²) in [5.74, 6) is -0.0214. The Balaban J connectivity index is 1.26. The zero-order valence-electron chi connectivity index (χ0n) is 20.9. The Morgan fingerprint density at radius 3 is 2.79 bits per heavy atom. The number of nitrogens with zero attached hydrogens (tertiary/aromatic N) is 4. The van der Waals surface area contributed by atoms with E-state index in [0.717, 1.165) is 30.5 Å². The third-order valence-electron chi connectivity index (χ3n) is 6.96. The highest BCUT2D eigenvalue weighted by Crippen LogP contribution is 2.37. The molecule has 2 aromatic heterocycles. The second-order valence-electron chi connectivity index (χ2n) is 9.45. The molecule has 202 valence electrons. The highest BCUT2D eigenvalue weighted by Gasteiger charge is 2.30. The lowest BCUT2D eigenvalue weighted by Gasteiger charge is -2.35. The first-order valence-corrected chi connectivity index (χ1v) is 13.3. The molecule has 1 amide bonds. The molecule has 2 aliphatic heterocycles. The minimum Gasteiger partial charge on any atom is -0.482 e. The van der Waals surface area contributed by atoms with Crippen molar-refractivity contribution in [1.82, 2.24) is 25.0 Å². The van der Waals surface area contributed by atoms with Crippen LogP contribution in [0.5, 0.6) is 5.75 Å². The van der Waals surface area contributed by atoms with Crippen molar-refractivity contribution in [3.05, 3.63) is 58.2 Å². The fraction of sp³-hybridized carbons (Fsp3) is 0.423. The van der Waals surface area contributed by atoms with Gasteiger partial charge >= 0.3 is 0 Å². The van der Waals surface area contributed by atoms with Crippen LogP contribution in [0, 0.1) is 5.82 Å². The van der Waals surface area contributed by atoms with Crippen molar-refractivity contribution < 1.29 is 18.7 Å². The standard InChI is InChI=1S/C26H29Cl2FN6O3/c1-15(23-19(27)2-3-20(29)24(23)28)38-21-10-16(11-32-25(21)30)17-12-33-35(14-17)18-4-7-34(8-5-18)26(36)22-13-31-6-9-37-22/h2-3,10-12,14-15,18,22,31H,4-9,13H2,1H3,(H2,30,32). The molecule has 2 fully saturated rings. The van der Waals surface area contributed by atoms with Crippen LogP contribution in [0.15, 0.2) is 36.8 Å². The number of hydrogen-bond donors (Lipinski definition) is 2. The summed E-state index contributed by atoms with van der Waals surface area (Å²) in [5.41, 5.74) is 8.01. The van der Waals surface area contributed by atoms with Gasteiger partial charge in [-0.1, -0.05) is 23.2 Å². The van der Waals surface area contributed by atoms with E-state index in [0.29, 0.717) is 42.6 Å². The molecule has 2 aliphatic rings. The predicted molar refractivity (Wildman–Crippen MR) is 143 cm³/mol. The summed E-state index contributed by atoms with van der Waals surface area (Å²) in [4.78, 5) is 18.9. The predicted octanol–water partition coefficient (Wildman–Crippen LogP) is 4.27. The molecular formula is C26H29Cl2FN6O3. The van der Waals surface area contributed by atoms with Crippen molar-refractivity contribution in [2.45, 2.75) is 38.0 Å². The Hall–Kier alpha value is -2.92. The number of hydrogen-bond acceptors (Lipinski definition) is 7. The lowest BCUT2D eigenvalue weighted by atomic mass is 10.0. The Morgan fingerprint density at radius 1 is 1.26 bits per heavy atom. The van der Waals surface area contributed by atoms with Crippen molar-refractivity contribution >= 4 is 34.9 Å².